The molecular formula is C20H21N5O. The van der Waals surface area contributed by atoms with E-state index in [4.69, 9.17) is 0 Å². The van der Waals surface area contributed by atoms with Gasteiger partial charge in [0.25, 0.3) is 5.91 Å². The van der Waals surface area contributed by atoms with Crippen molar-refractivity contribution in [3.8, 4) is 16.9 Å². The molecule has 0 radical (unpaired) electrons. The van der Waals surface area contributed by atoms with Gasteiger partial charge in [0.05, 0.1) is 11.3 Å². The van der Waals surface area contributed by atoms with E-state index < -0.39 is 0 Å². The summed E-state index contributed by atoms with van der Waals surface area (Å²) in [4.78, 5) is 17.1. The van der Waals surface area contributed by atoms with Crippen molar-refractivity contribution in [2.75, 3.05) is 13.1 Å². The molecule has 4 rings (SSSR count). The Morgan fingerprint density at radius 1 is 1.12 bits per heavy atom. The second-order valence-electron chi connectivity index (χ2n) is 6.41. The molecule has 0 unspecified atom stereocenters. The maximum absolute atomic E-state index is 12.9. The number of carbonyl (C=O) groups excluding carboxylic acids is 1. The van der Waals surface area contributed by atoms with Crippen LogP contribution in [0, 0.1) is 0 Å². The third kappa shape index (κ3) is 3.50. The summed E-state index contributed by atoms with van der Waals surface area (Å²) in [5.41, 5.74) is 2.96. The molecule has 1 saturated heterocycles. The monoisotopic (exact) mass is 347 g/mol. The number of piperidine rings is 1. The standard InChI is InChI=1S/C20H21N5O/c26-20(23-16-8-11-21-12-9-16)18-14-25(17-6-2-1-3-7-17)24-19(18)15-5-4-10-22-13-15/h1-7,10,13-14,16,21H,8-9,11-12H2,(H,23,26). The van der Waals surface area contributed by atoms with Crippen molar-refractivity contribution in [1.82, 2.24) is 25.4 Å². The number of amides is 1. The van der Waals surface area contributed by atoms with Gasteiger partial charge in [-0.15, -0.1) is 0 Å². The molecule has 3 heterocycles. The Morgan fingerprint density at radius 3 is 2.65 bits per heavy atom. The Balaban J connectivity index is 1.69. The van der Waals surface area contributed by atoms with E-state index in [0.29, 0.717) is 11.3 Å². The highest BCUT2D eigenvalue weighted by Gasteiger charge is 2.22. The molecule has 2 N–H and O–H groups in total. The molecule has 1 aliphatic rings. The molecule has 6 nitrogen and oxygen atoms in total. The van der Waals surface area contributed by atoms with Crippen molar-refractivity contribution in [3.63, 3.8) is 0 Å². The van der Waals surface area contributed by atoms with Crippen LogP contribution in [0.1, 0.15) is 23.2 Å². The van der Waals surface area contributed by atoms with Crippen LogP contribution in [0.3, 0.4) is 0 Å². The van der Waals surface area contributed by atoms with E-state index >= 15 is 0 Å². The summed E-state index contributed by atoms with van der Waals surface area (Å²) in [6, 6.07) is 13.8. The molecule has 1 fully saturated rings. The van der Waals surface area contributed by atoms with Gasteiger partial charge in [-0.25, -0.2) is 4.68 Å². The lowest BCUT2D eigenvalue weighted by Crippen LogP contribution is -2.42. The van der Waals surface area contributed by atoms with Gasteiger partial charge in [-0.1, -0.05) is 18.2 Å². The van der Waals surface area contributed by atoms with Crippen molar-refractivity contribution >= 4 is 5.91 Å². The van der Waals surface area contributed by atoms with Gasteiger partial charge in [0.1, 0.15) is 5.69 Å². The number of hydrogen-bond acceptors (Lipinski definition) is 4. The normalized spacial score (nSPS) is 14.9. The average molecular weight is 347 g/mol. The molecule has 0 bridgehead atoms. The van der Waals surface area contributed by atoms with Crippen LogP contribution in [-0.4, -0.2) is 39.8 Å². The second-order valence-corrected chi connectivity index (χ2v) is 6.41. The highest BCUT2D eigenvalue weighted by molar-refractivity contribution is 6.00. The Bertz CT molecular complexity index is 870. The SMILES string of the molecule is O=C(NC1CCNCC1)c1cn(-c2ccccc2)nc1-c1cccnc1. The summed E-state index contributed by atoms with van der Waals surface area (Å²) < 4.78 is 1.75. The molecule has 26 heavy (non-hydrogen) atoms. The zero-order valence-corrected chi connectivity index (χ0v) is 14.4. The largest absolute Gasteiger partial charge is 0.349 e. The van der Waals surface area contributed by atoms with Crippen LogP contribution >= 0.6 is 0 Å². The van der Waals surface area contributed by atoms with Crippen molar-refractivity contribution in [1.29, 1.82) is 0 Å². The number of carbonyl (C=O) groups is 1. The van der Waals surface area contributed by atoms with E-state index in [1.54, 1.807) is 23.3 Å². The Morgan fingerprint density at radius 2 is 1.92 bits per heavy atom. The summed E-state index contributed by atoms with van der Waals surface area (Å²) in [6.07, 6.45) is 7.14. The topological polar surface area (TPSA) is 71.8 Å². The lowest BCUT2D eigenvalue weighted by Gasteiger charge is -2.23. The number of rotatable bonds is 4. The zero-order valence-electron chi connectivity index (χ0n) is 14.4. The summed E-state index contributed by atoms with van der Waals surface area (Å²) in [5, 5.41) is 11.1. The van der Waals surface area contributed by atoms with Crippen molar-refractivity contribution < 1.29 is 4.79 Å². The van der Waals surface area contributed by atoms with Crippen LogP contribution in [0.15, 0.2) is 61.1 Å². The minimum atomic E-state index is -0.0852. The van der Waals surface area contributed by atoms with E-state index in [9.17, 15) is 4.79 Å². The fraction of sp³-hybridized carbons (Fsp3) is 0.250. The van der Waals surface area contributed by atoms with Gasteiger partial charge in [0.2, 0.25) is 0 Å². The molecule has 0 aliphatic carbocycles. The van der Waals surface area contributed by atoms with Crippen molar-refractivity contribution in [2.45, 2.75) is 18.9 Å². The van der Waals surface area contributed by atoms with E-state index in [-0.39, 0.29) is 11.9 Å². The molecule has 0 atom stereocenters. The van der Waals surface area contributed by atoms with E-state index in [1.807, 2.05) is 42.5 Å². The molecule has 0 saturated carbocycles. The van der Waals surface area contributed by atoms with Gasteiger partial charge in [0, 0.05) is 30.2 Å². The summed E-state index contributed by atoms with van der Waals surface area (Å²) in [5.74, 6) is -0.0852. The summed E-state index contributed by atoms with van der Waals surface area (Å²) in [6.45, 7) is 1.87. The molecule has 6 heteroatoms. The van der Waals surface area contributed by atoms with E-state index in [2.05, 4.69) is 20.7 Å². The van der Waals surface area contributed by atoms with E-state index in [1.165, 1.54) is 0 Å². The van der Waals surface area contributed by atoms with Gasteiger partial charge < -0.3 is 10.6 Å². The number of benzene rings is 1. The minimum Gasteiger partial charge on any atom is -0.349 e. The molecule has 0 spiro atoms. The fourth-order valence-corrected chi connectivity index (χ4v) is 3.20. The number of aromatic nitrogens is 3. The molecule has 132 valence electrons. The van der Waals surface area contributed by atoms with Gasteiger partial charge in [-0.3, -0.25) is 9.78 Å². The third-order valence-corrected chi connectivity index (χ3v) is 4.59. The minimum absolute atomic E-state index is 0.0852. The first kappa shape index (κ1) is 16.5. The second kappa shape index (κ2) is 7.49. The Hall–Kier alpha value is -2.99. The quantitative estimate of drug-likeness (QED) is 0.760. The molecule has 2 aromatic heterocycles. The first-order valence-electron chi connectivity index (χ1n) is 8.88. The predicted octanol–water partition coefficient (Wildman–Crippen LogP) is 2.42. The van der Waals surface area contributed by atoms with Gasteiger partial charge in [-0.05, 0) is 50.2 Å². The zero-order chi connectivity index (χ0) is 17.8. The highest BCUT2D eigenvalue weighted by Crippen LogP contribution is 2.23. The van der Waals surface area contributed by atoms with Crippen LogP contribution in [0.5, 0.6) is 0 Å². The highest BCUT2D eigenvalue weighted by atomic mass is 16.1. The molecule has 1 amide bonds. The summed E-state index contributed by atoms with van der Waals surface area (Å²) in [7, 11) is 0. The lowest BCUT2D eigenvalue weighted by molar-refractivity contribution is 0.0930. The molecule has 3 aromatic rings. The number of nitrogens with zero attached hydrogens (tertiary/aromatic N) is 3. The van der Waals surface area contributed by atoms with Crippen molar-refractivity contribution in [2.24, 2.45) is 0 Å². The molecule has 1 aliphatic heterocycles. The fourth-order valence-electron chi connectivity index (χ4n) is 3.20. The maximum Gasteiger partial charge on any atom is 0.255 e. The van der Waals surface area contributed by atoms with Crippen LogP contribution in [0.4, 0.5) is 0 Å². The van der Waals surface area contributed by atoms with Crippen LogP contribution in [-0.2, 0) is 0 Å². The third-order valence-electron chi connectivity index (χ3n) is 4.59. The number of nitrogens with one attached hydrogen (secondary N) is 2. The van der Waals surface area contributed by atoms with Crippen LogP contribution < -0.4 is 10.6 Å². The first-order valence-corrected chi connectivity index (χ1v) is 8.88. The van der Waals surface area contributed by atoms with Crippen LogP contribution in [0.25, 0.3) is 16.9 Å². The molecular weight excluding hydrogens is 326 g/mol. The van der Waals surface area contributed by atoms with Gasteiger partial charge in [0.15, 0.2) is 0 Å². The average Bonchev–Trinajstić information content (AvgIpc) is 3.16. The first-order chi connectivity index (χ1) is 12.8. The molecule has 1 aromatic carbocycles. The van der Waals surface area contributed by atoms with Crippen molar-refractivity contribution in [3.05, 3.63) is 66.6 Å². The Kier molecular flexibility index (Phi) is 4.75. The summed E-state index contributed by atoms with van der Waals surface area (Å²) >= 11 is 0. The lowest BCUT2D eigenvalue weighted by atomic mass is 10.1. The smallest absolute Gasteiger partial charge is 0.255 e. The van der Waals surface area contributed by atoms with E-state index in [0.717, 1.165) is 37.2 Å². The maximum atomic E-state index is 12.9. The Labute approximate surface area is 152 Å². The predicted molar refractivity (Wildman–Crippen MR) is 100 cm³/mol. The van der Waals surface area contributed by atoms with Crippen LogP contribution in [0.2, 0.25) is 0 Å². The van der Waals surface area contributed by atoms with Gasteiger partial charge >= 0.3 is 0 Å². The number of pyridine rings is 1. The number of hydrogen-bond donors (Lipinski definition) is 2. The number of para-hydroxylation sites is 1. The van der Waals surface area contributed by atoms with Gasteiger partial charge in [-0.2, -0.15) is 5.10 Å².